The van der Waals surface area contributed by atoms with Crippen molar-refractivity contribution in [1.82, 2.24) is 25.4 Å². The summed E-state index contributed by atoms with van der Waals surface area (Å²) in [4.78, 5) is 11.0. The Morgan fingerprint density at radius 1 is 1.29 bits per heavy atom. The van der Waals surface area contributed by atoms with Crippen LogP contribution in [0.3, 0.4) is 0 Å². The van der Waals surface area contributed by atoms with Gasteiger partial charge < -0.3 is 19.4 Å². The van der Waals surface area contributed by atoms with Gasteiger partial charge in [0.1, 0.15) is 11.6 Å². The Labute approximate surface area is 196 Å². The number of rotatable bonds is 9. The van der Waals surface area contributed by atoms with Crippen molar-refractivity contribution in [1.29, 1.82) is 0 Å². The molecule has 31 heavy (non-hydrogen) atoms. The van der Waals surface area contributed by atoms with Gasteiger partial charge in [-0.2, -0.15) is 13.9 Å². The van der Waals surface area contributed by atoms with Crippen molar-refractivity contribution >= 4 is 29.9 Å². The maximum Gasteiger partial charge on any atom is 0.387 e. The van der Waals surface area contributed by atoms with Crippen LogP contribution in [0.2, 0.25) is 0 Å². The van der Waals surface area contributed by atoms with Gasteiger partial charge in [-0.25, -0.2) is 4.98 Å². The Morgan fingerprint density at radius 3 is 2.71 bits per heavy atom. The summed E-state index contributed by atoms with van der Waals surface area (Å²) in [7, 11) is 1.91. The van der Waals surface area contributed by atoms with Gasteiger partial charge in [0.15, 0.2) is 11.7 Å². The molecule has 168 valence electrons. The second kappa shape index (κ2) is 12.2. The van der Waals surface area contributed by atoms with Gasteiger partial charge in [-0.1, -0.05) is 12.1 Å². The molecular formula is C20H25F2IN6O2. The SMILES string of the molecule is CCNC(=NCCc1nc(-c2ccco2)n[nH]1)N(C)Cc1ccc(OC(F)F)cc1.I. The van der Waals surface area contributed by atoms with Gasteiger partial charge in [-0.15, -0.1) is 24.0 Å². The monoisotopic (exact) mass is 546 g/mol. The van der Waals surface area contributed by atoms with Gasteiger partial charge in [-0.05, 0) is 36.8 Å². The van der Waals surface area contributed by atoms with E-state index in [1.54, 1.807) is 30.5 Å². The molecule has 0 aliphatic heterocycles. The van der Waals surface area contributed by atoms with E-state index < -0.39 is 6.61 Å². The number of aliphatic imine (C=N–C) groups is 1. The lowest BCUT2D eigenvalue weighted by Gasteiger charge is -2.22. The van der Waals surface area contributed by atoms with Crippen molar-refractivity contribution < 1.29 is 17.9 Å². The van der Waals surface area contributed by atoms with E-state index in [4.69, 9.17) is 4.42 Å². The molecule has 0 saturated heterocycles. The number of benzene rings is 1. The van der Waals surface area contributed by atoms with E-state index in [1.165, 1.54) is 12.1 Å². The van der Waals surface area contributed by atoms with Crippen molar-refractivity contribution in [2.75, 3.05) is 20.1 Å². The number of halogens is 3. The Kier molecular flexibility index (Phi) is 9.69. The molecule has 0 radical (unpaired) electrons. The molecule has 8 nitrogen and oxygen atoms in total. The van der Waals surface area contributed by atoms with Gasteiger partial charge in [0.25, 0.3) is 0 Å². The minimum absolute atomic E-state index is 0. The van der Waals surface area contributed by atoms with E-state index >= 15 is 0 Å². The van der Waals surface area contributed by atoms with E-state index in [0.717, 1.165) is 23.9 Å². The highest BCUT2D eigenvalue weighted by atomic mass is 127. The summed E-state index contributed by atoms with van der Waals surface area (Å²) in [5, 5.41) is 10.3. The number of nitrogens with one attached hydrogen (secondary N) is 2. The molecule has 0 bridgehead atoms. The zero-order valence-corrected chi connectivity index (χ0v) is 19.5. The Balaban J connectivity index is 0.00000341. The molecule has 3 rings (SSSR count). The largest absolute Gasteiger partial charge is 0.461 e. The van der Waals surface area contributed by atoms with Crippen LogP contribution in [0, 0.1) is 0 Å². The summed E-state index contributed by atoms with van der Waals surface area (Å²) in [5.41, 5.74) is 0.947. The van der Waals surface area contributed by atoms with Crippen LogP contribution < -0.4 is 10.1 Å². The highest BCUT2D eigenvalue weighted by molar-refractivity contribution is 14.0. The van der Waals surface area contributed by atoms with E-state index in [9.17, 15) is 8.78 Å². The Bertz CT molecular complexity index is 932. The first-order chi connectivity index (χ1) is 14.5. The number of aromatic nitrogens is 3. The summed E-state index contributed by atoms with van der Waals surface area (Å²) in [6.45, 7) is 0.957. The van der Waals surface area contributed by atoms with Crippen LogP contribution in [0.1, 0.15) is 18.3 Å². The topological polar surface area (TPSA) is 91.6 Å². The number of furan rings is 1. The van der Waals surface area contributed by atoms with E-state index in [1.807, 2.05) is 18.9 Å². The highest BCUT2D eigenvalue weighted by Crippen LogP contribution is 2.16. The fraction of sp³-hybridized carbons (Fsp3) is 0.350. The summed E-state index contributed by atoms with van der Waals surface area (Å²) >= 11 is 0. The lowest BCUT2D eigenvalue weighted by atomic mass is 10.2. The molecule has 3 aromatic rings. The molecule has 0 saturated carbocycles. The number of hydrogen-bond donors (Lipinski definition) is 2. The molecule has 2 aromatic heterocycles. The van der Waals surface area contributed by atoms with Gasteiger partial charge in [-0.3, -0.25) is 10.1 Å². The predicted molar refractivity (Wildman–Crippen MR) is 124 cm³/mol. The fourth-order valence-electron chi connectivity index (χ4n) is 2.79. The maximum atomic E-state index is 12.3. The third-order valence-corrected chi connectivity index (χ3v) is 4.15. The van der Waals surface area contributed by atoms with Crippen molar-refractivity contribution in [2.24, 2.45) is 4.99 Å². The van der Waals surface area contributed by atoms with E-state index in [2.05, 4.69) is 30.2 Å². The molecule has 2 N–H and O–H groups in total. The van der Waals surface area contributed by atoms with Crippen LogP contribution in [-0.4, -0.2) is 52.8 Å². The molecule has 2 heterocycles. The molecule has 0 spiro atoms. The molecule has 0 aliphatic carbocycles. The van der Waals surface area contributed by atoms with Crippen LogP contribution in [0.4, 0.5) is 8.78 Å². The molecule has 0 unspecified atom stereocenters. The first kappa shape index (κ1) is 24.6. The highest BCUT2D eigenvalue weighted by Gasteiger charge is 2.10. The minimum atomic E-state index is -2.83. The molecular weight excluding hydrogens is 521 g/mol. The van der Waals surface area contributed by atoms with Crippen molar-refractivity contribution in [3.8, 4) is 17.3 Å². The summed E-state index contributed by atoms with van der Waals surface area (Å²) in [6.07, 6.45) is 2.17. The lowest BCUT2D eigenvalue weighted by Crippen LogP contribution is -2.38. The number of guanidine groups is 1. The third kappa shape index (κ3) is 7.49. The van der Waals surface area contributed by atoms with E-state index in [-0.39, 0.29) is 29.7 Å². The smallest absolute Gasteiger partial charge is 0.387 e. The average Bonchev–Trinajstić information content (AvgIpc) is 3.40. The fourth-order valence-corrected chi connectivity index (χ4v) is 2.79. The van der Waals surface area contributed by atoms with Gasteiger partial charge in [0.05, 0.1) is 6.26 Å². The van der Waals surface area contributed by atoms with E-state index in [0.29, 0.717) is 31.1 Å². The number of aromatic amines is 1. The normalized spacial score (nSPS) is 11.3. The number of alkyl halides is 2. The van der Waals surface area contributed by atoms with Crippen LogP contribution in [-0.2, 0) is 13.0 Å². The zero-order valence-electron chi connectivity index (χ0n) is 17.2. The van der Waals surface area contributed by atoms with Crippen molar-refractivity contribution in [3.05, 3.63) is 54.0 Å². The first-order valence-corrected chi connectivity index (χ1v) is 9.53. The second-order valence-electron chi connectivity index (χ2n) is 6.45. The molecule has 0 aliphatic rings. The van der Waals surface area contributed by atoms with Gasteiger partial charge in [0, 0.05) is 33.1 Å². The standard InChI is InChI=1S/C20H24F2N6O2.HI/c1-3-23-20(28(2)13-14-6-8-15(9-7-14)30-19(21)22)24-11-10-17-25-18(27-26-17)16-5-4-12-29-16;/h4-9,12,19H,3,10-11,13H2,1-2H3,(H,23,24)(H,25,26,27);1H. The van der Waals surface area contributed by atoms with Gasteiger partial charge >= 0.3 is 6.61 Å². The molecule has 0 fully saturated rings. The Morgan fingerprint density at radius 2 is 2.06 bits per heavy atom. The number of nitrogens with zero attached hydrogens (tertiary/aromatic N) is 4. The van der Waals surface area contributed by atoms with Crippen LogP contribution in [0.15, 0.2) is 52.1 Å². The number of H-pyrrole nitrogens is 1. The Hall–Kier alpha value is -2.70. The molecule has 1 aromatic carbocycles. The minimum Gasteiger partial charge on any atom is -0.461 e. The summed E-state index contributed by atoms with van der Waals surface area (Å²) < 4.78 is 34.2. The lowest BCUT2D eigenvalue weighted by molar-refractivity contribution is -0.0498. The second-order valence-corrected chi connectivity index (χ2v) is 6.45. The number of ether oxygens (including phenoxy) is 1. The third-order valence-electron chi connectivity index (χ3n) is 4.15. The van der Waals surface area contributed by atoms with Crippen molar-refractivity contribution in [2.45, 2.75) is 26.5 Å². The predicted octanol–water partition coefficient (Wildman–Crippen LogP) is 3.92. The maximum absolute atomic E-state index is 12.3. The molecule has 0 amide bonds. The molecule has 11 heteroatoms. The van der Waals surface area contributed by atoms with Crippen LogP contribution in [0.25, 0.3) is 11.6 Å². The van der Waals surface area contributed by atoms with Crippen LogP contribution in [0.5, 0.6) is 5.75 Å². The van der Waals surface area contributed by atoms with Crippen LogP contribution >= 0.6 is 24.0 Å². The van der Waals surface area contributed by atoms with Crippen molar-refractivity contribution in [3.63, 3.8) is 0 Å². The average molecular weight is 546 g/mol. The zero-order chi connectivity index (χ0) is 21.3. The summed E-state index contributed by atoms with van der Waals surface area (Å²) in [6, 6.07) is 10.1. The summed E-state index contributed by atoms with van der Waals surface area (Å²) in [5.74, 6) is 2.72. The first-order valence-electron chi connectivity index (χ1n) is 9.53. The number of hydrogen-bond acceptors (Lipinski definition) is 5. The quantitative estimate of drug-likeness (QED) is 0.240. The molecule has 0 atom stereocenters. The van der Waals surface area contributed by atoms with Gasteiger partial charge in [0.2, 0.25) is 5.82 Å².